The molecule has 3 amide bonds. The molecule has 2 rings (SSSR count). The van der Waals surface area contributed by atoms with E-state index in [1.165, 1.54) is 0 Å². The topological polar surface area (TPSA) is 73.5 Å². The number of carbonyl (C=O) groups excluding carboxylic acids is 2. The predicted molar refractivity (Wildman–Crippen MR) is 87.8 cm³/mol. The lowest BCUT2D eigenvalue weighted by molar-refractivity contribution is -0.132. The number of amides is 3. The van der Waals surface area contributed by atoms with Crippen molar-refractivity contribution in [3.63, 3.8) is 0 Å². The number of thiocarbonyl (C=S) groups is 1. The van der Waals surface area contributed by atoms with Crippen LogP contribution in [0.1, 0.15) is 32.3 Å². The highest BCUT2D eigenvalue weighted by atomic mass is 32.1. The normalized spacial score (nSPS) is 20.7. The Morgan fingerprint density at radius 3 is 2.64 bits per heavy atom. The average molecular weight is 320 g/mol. The number of benzene rings is 1. The highest BCUT2D eigenvalue weighted by molar-refractivity contribution is 7.80. The number of carbonyl (C=O) groups is 2. The first kappa shape index (κ1) is 16.2. The second-order valence-corrected chi connectivity index (χ2v) is 5.69. The zero-order chi connectivity index (χ0) is 16.2. The van der Waals surface area contributed by atoms with Crippen LogP contribution in [0.3, 0.4) is 0 Å². The third-order valence-corrected chi connectivity index (χ3v) is 3.81. The van der Waals surface area contributed by atoms with Crippen molar-refractivity contribution in [3.8, 4) is 0 Å². The van der Waals surface area contributed by atoms with E-state index in [9.17, 15) is 9.59 Å². The zero-order valence-corrected chi connectivity index (χ0v) is 13.5. The van der Waals surface area contributed by atoms with E-state index in [0.29, 0.717) is 6.54 Å². The van der Waals surface area contributed by atoms with Gasteiger partial charge in [0.1, 0.15) is 5.54 Å². The Balaban J connectivity index is 2.07. The lowest BCUT2D eigenvalue weighted by Crippen LogP contribution is -2.51. The van der Waals surface area contributed by atoms with Gasteiger partial charge in [0.15, 0.2) is 5.11 Å². The summed E-state index contributed by atoms with van der Waals surface area (Å²) >= 11 is 5.11. The minimum absolute atomic E-state index is 0.259. The number of imide groups is 1. The molecule has 0 aromatic heterocycles. The van der Waals surface area contributed by atoms with Crippen LogP contribution >= 0.6 is 12.2 Å². The Kier molecular flexibility index (Phi) is 4.97. The van der Waals surface area contributed by atoms with Crippen LogP contribution in [0.2, 0.25) is 0 Å². The van der Waals surface area contributed by atoms with E-state index >= 15 is 0 Å². The number of nitrogens with one attached hydrogen (secondary N) is 3. The summed E-state index contributed by atoms with van der Waals surface area (Å²) in [5.41, 5.74) is 2.29. The van der Waals surface area contributed by atoms with Crippen LogP contribution in [0.25, 0.3) is 0 Å². The van der Waals surface area contributed by atoms with Gasteiger partial charge in [0.25, 0.3) is 5.91 Å². The van der Waals surface area contributed by atoms with E-state index in [-0.39, 0.29) is 11.0 Å². The maximum absolute atomic E-state index is 12.6. The Morgan fingerprint density at radius 2 is 2.00 bits per heavy atom. The lowest BCUT2D eigenvalue weighted by atomic mass is 9.92. The number of unbranched alkanes of at least 4 members (excludes halogenated alkanes) is 1. The van der Waals surface area contributed by atoms with Crippen molar-refractivity contribution in [2.45, 2.75) is 32.2 Å². The highest BCUT2D eigenvalue weighted by Crippen LogP contribution is 2.27. The van der Waals surface area contributed by atoms with Gasteiger partial charge in [0.05, 0.1) is 0 Å². The summed E-state index contributed by atoms with van der Waals surface area (Å²) in [6.07, 6.45) is 1.99. The van der Waals surface area contributed by atoms with Crippen molar-refractivity contribution in [1.82, 2.24) is 21.1 Å². The Bertz CT molecular complexity index is 578. The molecule has 1 fully saturated rings. The van der Waals surface area contributed by atoms with Crippen LogP contribution in [0.4, 0.5) is 4.79 Å². The molecule has 3 N–H and O–H groups in total. The van der Waals surface area contributed by atoms with Crippen molar-refractivity contribution in [3.05, 3.63) is 35.9 Å². The lowest BCUT2D eigenvalue weighted by Gasteiger charge is -2.22. The van der Waals surface area contributed by atoms with Gasteiger partial charge in [-0.05, 0) is 31.1 Å². The van der Waals surface area contributed by atoms with Crippen molar-refractivity contribution >= 4 is 29.3 Å². The minimum atomic E-state index is -1.09. The second kappa shape index (κ2) is 6.74. The van der Waals surface area contributed by atoms with Crippen LogP contribution in [0.15, 0.2) is 30.3 Å². The van der Waals surface area contributed by atoms with Gasteiger partial charge in [-0.2, -0.15) is 5.01 Å². The number of rotatable bonds is 5. The van der Waals surface area contributed by atoms with Crippen LogP contribution in [-0.4, -0.2) is 28.6 Å². The highest BCUT2D eigenvalue weighted by Gasteiger charge is 2.49. The summed E-state index contributed by atoms with van der Waals surface area (Å²) in [5, 5.41) is 6.86. The molecule has 6 nitrogen and oxygen atoms in total. The molecular weight excluding hydrogens is 300 g/mol. The van der Waals surface area contributed by atoms with Gasteiger partial charge in [-0.15, -0.1) is 0 Å². The molecule has 1 aromatic carbocycles. The number of hydrazine groups is 1. The van der Waals surface area contributed by atoms with Crippen molar-refractivity contribution in [1.29, 1.82) is 0 Å². The zero-order valence-electron chi connectivity index (χ0n) is 12.7. The predicted octanol–water partition coefficient (Wildman–Crippen LogP) is 1.63. The molecule has 0 bridgehead atoms. The molecule has 0 spiro atoms. The number of urea groups is 1. The molecule has 1 saturated heterocycles. The summed E-state index contributed by atoms with van der Waals surface area (Å²) < 4.78 is 0. The number of hydrogen-bond acceptors (Lipinski definition) is 3. The summed E-state index contributed by atoms with van der Waals surface area (Å²) in [6.45, 7) is 4.45. The van der Waals surface area contributed by atoms with Crippen molar-refractivity contribution in [2.24, 2.45) is 0 Å². The van der Waals surface area contributed by atoms with Gasteiger partial charge in [-0.3, -0.25) is 10.2 Å². The van der Waals surface area contributed by atoms with Crippen molar-refractivity contribution in [2.75, 3.05) is 6.54 Å². The standard InChI is InChI=1S/C15H20N4O2S/c1-3-4-10-16-13(22)18-19-12(20)15(2,17-14(19)21)11-8-6-5-7-9-11/h5-9H,3-4,10H2,1-2H3,(H,17,21)(H2,16,18,22)/t15-/m1/s1. The van der Waals surface area contributed by atoms with Gasteiger partial charge in [0.2, 0.25) is 0 Å². The van der Waals surface area contributed by atoms with Gasteiger partial charge >= 0.3 is 6.03 Å². The quantitative estimate of drug-likeness (QED) is 0.437. The van der Waals surface area contributed by atoms with E-state index in [2.05, 4.69) is 23.0 Å². The van der Waals surface area contributed by atoms with E-state index < -0.39 is 11.6 Å². The molecular formula is C15H20N4O2S. The average Bonchev–Trinajstić information content (AvgIpc) is 2.73. The van der Waals surface area contributed by atoms with Crippen molar-refractivity contribution < 1.29 is 9.59 Å². The summed E-state index contributed by atoms with van der Waals surface area (Å²) in [6, 6.07) is 8.60. The monoisotopic (exact) mass is 320 g/mol. The van der Waals surface area contributed by atoms with Gasteiger partial charge < -0.3 is 10.6 Å². The fraction of sp³-hybridized carbons (Fsp3) is 0.400. The SMILES string of the molecule is CCCCNC(=S)NN1C(=O)N[C@](C)(c2ccccc2)C1=O. The summed E-state index contributed by atoms with van der Waals surface area (Å²) in [7, 11) is 0. The second-order valence-electron chi connectivity index (χ2n) is 5.28. The van der Waals surface area contributed by atoms with E-state index in [4.69, 9.17) is 12.2 Å². The Morgan fingerprint density at radius 1 is 1.32 bits per heavy atom. The van der Waals surface area contributed by atoms with E-state index in [1.807, 2.05) is 18.2 Å². The molecule has 0 radical (unpaired) electrons. The third-order valence-electron chi connectivity index (χ3n) is 3.57. The van der Waals surface area contributed by atoms with E-state index in [0.717, 1.165) is 23.4 Å². The summed E-state index contributed by atoms with van der Waals surface area (Å²) in [4.78, 5) is 24.7. The van der Waals surface area contributed by atoms with Gasteiger partial charge in [-0.1, -0.05) is 43.7 Å². The molecule has 1 aliphatic heterocycles. The Labute approximate surface area is 135 Å². The van der Waals surface area contributed by atoms with Crippen LogP contribution in [0, 0.1) is 0 Å². The fourth-order valence-electron chi connectivity index (χ4n) is 2.23. The maximum atomic E-state index is 12.6. The fourth-order valence-corrected chi connectivity index (χ4v) is 2.42. The molecule has 1 atom stereocenters. The van der Waals surface area contributed by atoms with Crippen LogP contribution in [-0.2, 0) is 10.3 Å². The smallest absolute Gasteiger partial charge is 0.344 e. The van der Waals surface area contributed by atoms with Gasteiger partial charge in [-0.25, -0.2) is 4.79 Å². The minimum Gasteiger partial charge on any atom is -0.361 e. The number of hydrogen-bond donors (Lipinski definition) is 3. The molecule has 0 saturated carbocycles. The van der Waals surface area contributed by atoms with Crippen LogP contribution < -0.4 is 16.1 Å². The summed E-state index contributed by atoms with van der Waals surface area (Å²) in [5.74, 6) is -0.386. The molecule has 7 heteroatoms. The first-order valence-electron chi connectivity index (χ1n) is 7.25. The molecule has 1 aromatic rings. The maximum Gasteiger partial charge on any atom is 0.344 e. The Hall–Kier alpha value is -2.15. The molecule has 22 heavy (non-hydrogen) atoms. The molecule has 1 heterocycles. The molecule has 0 aliphatic carbocycles. The first-order valence-corrected chi connectivity index (χ1v) is 7.66. The number of nitrogens with zero attached hydrogens (tertiary/aromatic N) is 1. The molecule has 0 unspecified atom stereocenters. The van der Waals surface area contributed by atoms with Crippen LogP contribution in [0.5, 0.6) is 0 Å². The largest absolute Gasteiger partial charge is 0.361 e. The molecule has 118 valence electrons. The first-order chi connectivity index (χ1) is 10.5. The third kappa shape index (κ3) is 3.19. The molecule has 1 aliphatic rings. The van der Waals surface area contributed by atoms with E-state index in [1.54, 1.807) is 19.1 Å². The van der Waals surface area contributed by atoms with Gasteiger partial charge in [0, 0.05) is 6.54 Å².